The summed E-state index contributed by atoms with van der Waals surface area (Å²) in [6.07, 6.45) is 2.04. The van der Waals surface area contributed by atoms with Crippen LogP contribution in [0.15, 0.2) is 16.9 Å². The number of ether oxygens (including phenoxy) is 1. The summed E-state index contributed by atoms with van der Waals surface area (Å²) in [4.78, 5) is 23.8. The zero-order chi connectivity index (χ0) is 14.5. The summed E-state index contributed by atoms with van der Waals surface area (Å²) in [6.45, 7) is 2.86. The summed E-state index contributed by atoms with van der Waals surface area (Å²) in [5, 5.41) is 11.6. The van der Waals surface area contributed by atoms with Gasteiger partial charge in [0.1, 0.15) is 18.2 Å². The number of nitrogens with one attached hydrogen (secondary N) is 1. The van der Waals surface area contributed by atoms with E-state index in [4.69, 9.17) is 10.00 Å². The van der Waals surface area contributed by atoms with Gasteiger partial charge in [0.2, 0.25) is 5.91 Å². The third kappa shape index (κ3) is 3.25. The molecule has 0 spiro atoms. The molecule has 1 aromatic rings. The quantitative estimate of drug-likeness (QED) is 0.858. The number of nitrogens with zero attached hydrogens (tertiary/aromatic N) is 2. The van der Waals surface area contributed by atoms with Gasteiger partial charge in [0, 0.05) is 18.8 Å². The van der Waals surface area contributed by atoms with Gasteiger partial charge in [-0.25, -0.2) is 0 Å². The summed E-state index contributed by atoms with van der Waals surface area (Å²) in [5.74, 6) is -0.249. The lowest BCUT2D eigenvalue weighted by Crippen LogP contribution is -2.37. The SMILES string of the molecule is Cc1ccc(C#N)c(=O)n1CC(=O)NCC1CCCO1. The van der Waals surface area contributed by atoms with Crippen molar-refractivity contribution in [1.29, 1.82) is 5.26 Å². The maximum atomic E-state index is 12.0. The van der Waals surface area contributed by atoms with Crippen molar-refractivity contribution in [1.82, 2.24) is 9.88 Å². The summed E-state index contributed by atoms with van der Waals surface area (Å²) in [7, 11) is 0. The second-order valence-electron chi connectivity index (χ2n) is 4.83. The van der Waals surface area contributed by atoms with E-state index < -0.39 is 5.56 Å². The zero-order valence-electron chi connectivity index (χ0n) is 11.4. The van der Waals surface area contributed by atoms with Crippen LogP contribution in [0.25, 0.3) is 0 Å². The molecule has 0 aromatic carbocycles. The molecular weight excluding hydrogens is 258 g/mol. The van der Waals surface area contributed by atoms with E-state index >= 15 is 0 Å². The molecule has 1 aliphatic heterocycles. The van der Waals surface area contributed by atoms with Crippen LogP contribution in [-0.2, 0) is 16.1 Å². The van der Waals surface area contributed by atoms with Gasteiger partial charge in [-0.3, -0.25) is 9.59 Å². The van der Waals surface area contributed by atoms with Crippen LogP contribution in [0.4, 0.5) is 0 Å². The molecular formula is C14H17N3O3. The Morgan fingerprint density at radius 3 is 3.05 bits per heavy atom. The summed E-state index contributed by atoms with van der Waals surface area (Å²) < 4.78 is 6.72. The lowest BCUT2D eigenvalue weighted by molar-refractivity contribution is -0.122. The van der Waals surface area contributed by atoms with Gasteiger partial charge in [-0.2, -0.15) is 5.26 Å². The molecule has 106 valence electrons. The van der Waals surface area contributed by atoms with Gasteiger partial charge in [-0.1, -0.05) is 0 Å². The van der Waals surface area contributed by atoms with Crippen LogP contribution in [0.3, 0.4) is 0 Å². The van der Waals surface area contributed by atoms with E-state index in [-0.39, 0.29) is 24.1 Å². The molecule has 1 saturated heterocycles. The topological polar surface area (TPSA) is 84.1 Å². The third-order valence-electron chi connectivity index (χ3n) is 3.37. The highest BCUT2D eigenvalue weighted by atomic mass is 16.5. The Morgan fingerprint density at radius 1 is 1.60 bits per heavy atom. The Balaban J connectivity index is 2.00. The van der Waals surface area contributed by atoms with Crippen molar-refractivity contribution in [3.05, 3.63) is 33.7 Å². The Morgan fingerprint density at radius 2 is 2.40 bits per heavy atom. The summed E-state index contributed by atoms with van der Waals surface area (Å²) in [6, 6.07) is 4.96. The van der Waals surface area contributed by atoms with Crippen molar-refractivity contribution >= 4 is 5.91 Å². The molecule has 0 saturated carbocycles. The molecule has 1 N–H and O–H groups in total. The highest BCUT2D eigenvalue weighted by molar-refractivity contribution is 5.75. The summed E-state index contributed by atoms with van der Waals surface area (Å²) >= 11 is 0. The highest BCUT2D eigenvalue weighted by Crippen LogP contribution is 2.10. The molecule has 2 rings (SSSR count). The largest absolute Gasteiger partial charge is 0.376 e. The number of amides is 1. The van der Waals surface area contributed by atoms with Crippen molar-refractivity contribution in [3.8, 4) is 6.07 Å². The minimum Gasteiger partial charge on any atom is -0.376 e. The highest BCUT2D eigenvalue weighted by Gasteiger charge is 2.16. The van der Waals surface area contributed by atoms with E-state index in [1.165, 1.54) is 10.6 Å². The Labute approximate surface area is 117 Å². The molecule has 0 bridgehead atoms. The normalized spacial score (nSPS) is 17.7. The standard InChI is InChI=1S/C14H17N3O3/c1-10-4-5-11(7-15)14(19)17(10)9-13(18)16-8-12-3-2-6-20-12/h4-5,12H,2-3,6,8-9H2,1H3,(H,16,18). The predicted octanol–water partition coefficient (Wildman–Crippen LogP) is 0.324. The van der Waals surface area contributed by atoms with Gasteiger partial charge in [0.25, 0.3) is 5.56 Å². The zero-order valence-corrected chi connectivity index (χ0v) is 11.4. The van der Waals surface area contributed by atoms with Crippen molar-refractivity contribution < 1.29 is 9.53 Å². The van der Waals surface area contributed by atoms with Crippen molar-refractivity contribution in [2.24, 2.45) is 0 Å². The van der Waals surface area contributed by atoms with Gasteiger partial charge in [-0.05, 0) is 31.9 Å². The lowest BCUT2D eigenvalue weighted by Gasteiger charge is -2.13. The first-order valence-corrected chi connectivity index (χ1v) is 6.60. The molecule has 0 radical (unpaired) electrons. The first-order valence-electron chi connectivity index (χ1n) is 6.60. The predicted molar refractivity (Wildman–Crippen MR) is 72.1 cm³/mol. The van der Waals surface area contributed by atoms with E-state index in [1.54, 1.807) is 13.0 Å². The average molecular weight is 275 g/mol. The van der Waals surface area contributed by atoms with Crippen LogP contribution in [0, 0.1) is 18.3 Å². The molecule has 1 unspecified atom stereocenters. The number of hydrogen-bond acceptors (Lipinski definition) is 4. The third-order valence-corrected chi connectivity index (χ3v) is 3.37. The number of nitriles is 1. The van der Waals surface area contributed by atoms with E-state index in [0.29, 0.717) is 12.2 Å². The maximum Gasteiger partial charge on any atom is 0.269 e. The van der Waals surface area contributed by atoms with Crippen LogP contribution in [0.5, 0.6) is 0 Å². The first-order chi connectivity index (χ1) is 9.61. The average Bonchev–Trinajstić information content (AvgIpc) is 2.94. The fourth-order valence-electron chi connectivity index (χ4n) is 2.18. The monoisotopic (exact) mass is 275 g/mol. The number of rotatable bonds is 4. The van der Waals surface area contributed by atoms with Crippen LogP contribution >= 0.6 is 0 Å². The number of aryl methyl sites for hydroxylation is 1. The van der Waals surface area contributed by atoms with E-state index in [0.717, 1.165) is 19.4 Å². The molecule has 1 aromatic heterocycles. The van der Waals surface area contributed by atoms with Crippen molar-refractivity contribution in [3.63, 3.8) is 0 Å². The number of hydrogen-bond donors (Lipinski definition) is 1. The van der Waals surface area contributed by atoms with Gasteiger partial charge in [0.15, 0.2) is 0 Å². The second kappa shape index (κ2) is 6.35. The lowest BCUT2D eigenvalue weighted by atomic mass is 10.2. The fraction of sp³-hybridized carbons (Fsp3) is 0.500. The van der Waals surface area contributed by atoms with Gasteiger partial charge >= 0.3 is 0 Å². The van der Waals surface area contributed by atoms with Crippen LogP contribution in [0.2, 0.25) is 0 Å². The first kappa shape index (κ1) is 14.3. The van der Waals surface area contributed by atoms with Crippen LogP contribution < -0.4 is 10.9 Å². The van der Waals surface area contributed by atoms with Crippen LogP contribution in [-0.4, -0.2) is 29.7 Å². The molecule has 1 atom stereocenters. The van der Waals surface area contributed by atoms with Gasteiger partial charge in [-0.15, -0.1) is 0 Å². The molecule has 1 fully saturated rings. The Hall–Kier alpha value is -2.13. The minimum atomic E-state index is -0.431. The van der Waals surface area contributed by atoms with Crippen molar-refractivity contribution in [2.45, 2.75) is 32.4 Å². The molecule has 2 heterocycles. The molecule has 0 aliphatic carbocycles. The van der Waals surface area contributed by atoms with Crippen LogP contribution in [0.1, 0.15) is 24.1 Å². The number of carbonyl (C=O) groups is 1. The second-order valence-corrected chi connectivity index (χ2v) is 4.83. The summed E-state index contributed by atoms with van der Waals surface area (Å²) in [5.41, 5.74) is 0.267. The maximum absolute atomic E-state index is 12.0. The fourth-order valence-corrected chi connectivity index (χ4v) is 2.18. The van der Waals surface area contributed by atoms with Crippen molar-refractivity contribution in [2.75, 3.05) is 13.2 Å². The molecule has 20 heavy (non-hydrogen) atoms. The molecule has 1 aliphatic rings. The number of carbonyl (C=O) groups excluding carboxylic acids is 1. The van der Waals surface area contributed by atoms with Gasteiger partial charge < -0.3 is 14.6 Å². The minimum absolute atomic E-state index is 0.0440. The van der Waals surface area contributed by atoms with Gasteiger partial charge in [0.05, 0.1) is 6.10 Å². The Bertz CT molecular complexity index is 595. The van der Waals surface area contributed by atoms with E-state index in [9.17, 15) is 9.59 Å². The number of aromatic nitrogens is 1. The molecule has 6 nitrogen and oxygen atoms in total. The smallest absolute Gasteiger partial charge is 0.269 e. The Kier molecular flexibility index (Phi) is 4.53. The van der Waals surface area contributed by atoms with E-state index in [2.05, 4.69) is 5.32 Å². The molecule has 1 amide bonds. The molecule has 6 heteroatoms. The van der Waals surface area contributed by atoms with E-state index in [1.807, 2.05) is 6.07 Å². The number of pyridine rings is 1.